The maximum absolute atomic E-state index is 4.85. The van der Waals surface area contributed by atoms with Gasteiger partial charge in [-0.3, -0.25) is 0 Å². The number of nitrogens with zero attached hydrogens (tertiary/aromatic N) is 4. The van der Waals surface area contributed by atoms with Crippen LogP contribution in [0.15, 0.2) is 140 Å². The van der Waals surface area contributed by atoms with Gasteiger partial charge in [0.05, 0.1) is 0 Å². The van der Waals surface area contributed by atoms with Crippen molar-refractivity contribution in [3.05, 3.63) is 186 Å². The first kappa shape index (κ1) is 38.4. The third kappa shape index (κ3) is 6.68. The molecule has 6 aromatic carbocycles. The Balaban J connectivity index is 0.00000455. The Bertz CT molecular complexity index is 2720. The molecule has 288 valence electrons. The SMILES string of the molecule is Cc1ccnc(-n2c3[c-]c(C(C)(C)c4[c-]c(N5[CH-]N(c6ccccc6)c6ccccc65)cc(-c5c(C(C)C)cccc5C(C)C)c4)ccc3c3ccccc32)c1.[Pt]. The number of anilines is 4. The number of fused-ring (bicyclic) bond motifs is 4. The summed E-state index contributed by atoms with van der Waals surface area (Å²) < 4.78 is 2.27. The number of benzene rings is 6. The molecule has 0 amide bonds. The zero-order valence-corrected chi connectivity index (χ0v) is 35.9. The summed E-state index contributed by atoms with van der Waals surface area (Å²) in [5, 5.41) is 2.36. The van der Waals surface area contributed by atoms with Crippen molar-refractivity contribution < 1.29 is 21.1 Å². The number of aromatic nitrogens is 2. The van der Waals surface area contributed by atoms with Gasteiger partial charge in [-0.1, -0.05) is 114 Å². The van der Waals surface area contributed by atoms with E-state index in [2.05, 4.69) is 209 Å². The molecule has 2 aromatic heterocycles. The van der Waals surface area contributed by atoms with E-state index in [0.717, 1.165) is 50.7 Å². The van der Waals surface area contributed by atoms with E-state index in [1.165, 1.54) is 38.6 Å². The molecular formula is C52H47N4Pt-3. The van der Waals surface area contributed by atoms with Gasteiger partial charge in [-0.25, -0.2) is 4.98 Å². The first-order valence-electron chi connectivity index (χ1n) is 19.8. The average Bonchev–Trinajstić information content (AvgIpc) is 3.77. The molecule has 0 saturated heterocycles. The Hall–Kier alpha value is -5.44. The molecule has 1 aliphatic rings. The van der Waals surface area contributed by atoms with Crippen molar-refractivity contribution in [3.63, 3.8) is 0 Å². The zero-order valence-electron chi connectivity index (χ0n) is 33.6. The van der Waals surface area contributed by atoms with Gasteiger partial charge in [0.1, 0.15) is 5.82 Å². The van der Waals surface area contributed by atoms with Crippen molar-refractivity contribution in [2.75, 3.05) is 9.80 Å². The van der Waals surface area contributed by atoms with E-state index in [9.17, 15) is 0 Å². The molecule has 9 rings (SSSR count). The summed E-state index contributed by atoms with van der Waals surface area (Å²) in [6, 6.07) is 56.1. The van der Waals surface area contributed by atoms with Gasteiger partial charge in [0.15, 0.2) is 0 Å². The summed E-state index contributed by atoms with van der Waals surface area (Å²) in [6.07, 6.45) is 1.90. The summed E-state index contributed by atoms with van der Waals surface area (Å²) in [6.45, 7) is 18.2. The predicted octanol–water partition coefficient (Wildman–Crippen LogP) is 13.7. The fraction of sp³-hybridized carbons (Fsp3) is 0.192. The van der Waals surface area contributed by atoms with Crippen LogP contribution in [0.25, 0.3) is 38.8 Å². The Labute approximate surface area is 352 Å². The quantitative estimate of drug-likeness (QED) is 0.142. The van der Waals surface area contributed by atoms with Crippen LogP contribution in [0.1, 0.15) is 81.2 Å². The van der Waals surface area contributed by atoms with Gasteiger partial charge in [0, 0.05) is 49.8 Å². The van der Waals surface area contributed by atoms with Crippen molar-refractivity contribution in [1.82, 2.24) is 9.55 Å². The van der Waals surface area contributed by atoms with Gasteiger partial charge in [0.2, 0.25) is 0 Å². The van der Waals surface area contributed by atoms with E-state index in [1.807, 2.05) is 12.3 Å². The molecule has 0 bridgehead atoms. The second-order valence-corrected chi connectivity index (χ2v) is 16.3. The maximum atomic E-state index is 4.85. The van der Waals surface area contributed by atoms with Gasteiger partial charge < -0.3 is 14.4 Å². The topological polar surface area (TPSA) is 24.3 Å². The average molecular weight is 923 g/mol. The summed E-state index contributed by atoms with van der Waals surface area (Å²) in [7, 11) is 0. The van der Waals surface area contributed by atoms with E-state index in [-0.39, 0.29) is 21.1 Å². The molecule has 5 heteroatoms. The second-order valence-electron chi connectivity index (χ2n) is 16.3. The van der Waals surface area contributed by atoms with E-state index < -0.39 is 5.41 Å². The minimum absolute atomic E-state index is 0. The number of hydrogen-bond donors (Lipinski definition) is 0. The van der Waals surface area contributed by atoms with Crippen LogP contribution in [0.2, 0.25) is 0 Å². The molecule has 8 aromatic rings. The Morgan fingerprint density at radius 2 is 1.30 bits per heavy atom. The predicted molar refractivity (Wildman–Crippen MR) is 235 cm³/mol. The summed E-state index contributed by atoms with van der Waals surface area (Å²) >= 11 is 0. The van der Waals surface area contributed by atoms with Crippen LogP contribution < -0.4 is 9.80 Å². The molecule has 0 unspecified atom stereocenters. The number of aryl methyl sites for hydroxylation is 1. The van der Waals surface area contributed by atoms with E-state index in [1.54, 1.807) is 0 Å². The number of hydrogen-bond acceptors (Lipinski definition) is 3. The normalized spacial score (nSPS) is 12.9. The minimum atomic E-state index is -0.469. The van der Waals surface area contributed by atoms with Crippen molar-refractivity contribution in [2.24, 2.45) is 0 Å². The third-order valence-electron chi connectivity index (χ3n) is 11.5. The molecule has 0 N–H and O–H groups in total. The summed E-state index contributed by atoms with van der Waals surface area (Å²) in [5.41, 5.74) is 14.7. The van der Waals surface area contributed by atoms with Crippen molar-refractivity contribution in [2.45, 2.75) is 65.7 Å². The monoisotopic (exact) mass is 922 g/mol. The molecule has 3 heterocycles. The second kappa shape index (κ2) is 15.1. The minimum Gasteiger partial charge on any atom is -0.493 e. The number of para-hydroxylation sites is 4. The largest absolute Gasteiger partial charge is 0.493 e. The van der Waals surface area contributed by atoms with Crippen LogP contribution >= 0.6 is 0 Å². The van der Waals surface area contributed by atoms with Crippen molar-refractivity contribution in [1.29, 1.82) is 0 Å². The Kier molecular flexibility index (Phi) is 10.2. The Morgan fingerprint density at radius 1 is 0.632 bits per heavy atom. The molecule has 0 fully saturated rings. The van der Waals surface area contributed by atoms with Gasteiger partial charge in [-0.15, -0.1) is 29.4 Å². The van der Waals surface area contributed by atoms with Crippen LogP contribution in [0.3, 0.4) is 0 Å². The number of rotatable bonds is 8. The van der Waals surface area contributed by atoms with Gasteiger partial charge >= 0.3 is 0 Å². The molecule has 0 spiro atoms. The fourth-order valence-electron chi connectivity index (χ4n) is 8.43. The Morgan fingerprint density at radius 3 is 2.00 bits per heavy atom. The van der Waals surface area contributed by atoms with Crippen molar-refractivity contribution >= 4 is 44.6 Å². The molecule has 0 atom stereocenters. The smallest absolute Gasteiger partial charge is 0.135 e. The molecule has 0 saturated carbocycles. The first-order chi connectivity index (χ1) is 27.1. The van der Waals surface area contributed by atoms with Crippen LogP contribution in [-0.2, 0) is 26.5 Å². The van der Waals surface area contributed by atoms with Crippen LogP contribution in [0, 0.1) is 25.7 Å². The standard InChI is InChI=1S/C52H47N4.Pt/c1-34(2)42-19-15-20-43(35(3)4)51(42)37-29-39(31-41(30-37)55-33-54(40-16-9-8-10-17-40)47-22-13-14-23-48(47)55)52(6,7)38-24-25-45-44-18-11-12-21-46(44)56(49(45)32-38)50-28-36(5)26-27-53-50;/h8-30,33-35H,1-7H3;/q-3;. The van der Waals surface area contributed by atoms with E-state index >= 15 is 0 Å². The van der Waals surface area contributed by atoms with Gasteiger partial charge in [0.25, 0.3) is 0 Å². The van der Waals surface area contributed by atoms with Gasteiger partial charge in [-0.05, 0) is 94.3 Å². The van der Waals surface area contributed by atoms with Gasteiger partial charge in [-0.2, -0.15) is 41.5 Å². The van der Waals surface area contributed by atoms with Crippen LogP contribution in [0.5, 0.6) is 0 Å². The third-order valence-corrected chi connectivity index (χ3v) is 11.5. The first-order valence-corrected chi connectivity index (χ1v) is 19.8. The van der Waals surface area contributed by atoms with Crippen LogP contribution in [-0.4, -0.2) is 9.55 Å². The molecule has 57 heavy (non-hydrogen) atoms. The molecule has 0 aliphatic carbocycles. The molecular weight excluding hydrogens is 876 g/mol. The van der Waals surface area contributed by atoms with Crippen LogP contribution in [0.4, 0.5) is 22.7 Å². The maximum Gasteiger partial charge on any atom is 0.135 e. The summed E-state index contributed by atoms with van der Waals surface area (Å²) in [4.78, 5) is 9.44. The van der Waals surface area contributed by atoms with Crippen molar-refractivity contribution in [3.8, 4) is 16.9 Å². The summed E-state index contributed by atoms with van der Waals surface area (Å²) in [5.74, 6) is 1.61. The van der Waals surface area contributed by atoms with E-state index in [0.29, 0.717) is 11.8 Å². The molecule has 1 aliphatic heterocycles. The van der Waals surface area contributed by atoms with E-state index in [4.69, 9.17) is 4.98 Å². The zero-order chi connectivity index (χ0) is 38.7. The molecule has 4 nitrogen and oxygen atoms in total. The fourth-order valence-corrected chi connectivity index (χ4v) is 8.43. The molecule has 0 radical (unpaired) electrons. The number of pyridine rings is 1.